The maximum absolute atomic E-state index is 12.7. The Morgan fingerprint density at radius 1 is 1.18 bits per heavy atom. The van der Waals surface area contributed by atoms with Crippen LogP contribution in [0, 0.1) is 11.8 Å². The Bertz CT molecular complexity index is 482. The van der Waals surface area contributed by atoms with Crippen molar-refractivity contribution in [3.63, 3.8) is 0 Å². The molecule has 0 aromatic heterocycles. The Morgan fingerprint density at radius 2 is 1.77 bits per heavy atom. The molecule has 0 aromatic rings. The van der Waals surface area contributed by atoms with E-state index in [1.807, 2.05) is 11.8 Å². The first-order chi connectivity index (χ1) is 10.3. The van der Waals surface area contributed by atoms with Crippen molar-refractivity contribution < 1.29 is 13.2 Å². The summed E-state index contributed by atoms with van der Waals surface area (Å²) in [6.07, 6.45) is 6.10. The highest BCUT2D eigenvalue weighted by Crippen LogP contribution is 2.32. The average Bonchev–Trinajstić information content (AvgIpc) is 3.22. The van der Waals surface area contributed by atoms with Crippen LogP contribution in [0.15, 0.2) is 0 Å². The number of nitrogens with zero attached hydrogens (tertiary/aromatic N) is 1. The number of sulfone groups is 1. The number of hydrogen-bond donors (Lipinski definition) is 1. The standard InChI is InChI=1S/C16H30N2O3S/c1-12(14-6-8-17-9-7-14)10-16(19)18(15-4-5-15)13(2)11-22(3,20)21/h12-15,17H,4-11H2,1-3H3. The number of rotatable bonds is 7. The Balaban J connectivity index is 1.94. The zero-order valence-corrected chi connectivity index (χ0v) is 14.9. The van der Waals surface area contributed by atoms with Gasteiger partial charge in [0, 0.05) is 24.8 Å². The molecule has 1 aliphatic heterocycles. The van der Waals surface area contributed by atoms with Crippen LogP contribution in [0.5, 0.6) is 0 Å². The lowest BCUT2D eigenvalue weighted by Crippen LogP contribution is -2.44. The molecule has 2 atom stereocenters. The lowest BCUT2D eigenvalue weighted by molar-refractivity contribution is -0.134. The summed E-state index contributed by atoms with van der Waals surface area (Å²) in [5.41, 5.74) is 0. The second kappa shape index (κ2) is 7.30. The molecule has 1 amide bonds. The molecule has 0 bridgehead atoms. The van der Waals surface area contributed by atoms with Crippen LogP contribution in [0.2, 0.25) is 0 Å². The zero-order valence-electron chi connectivity index (χ0n) is 14.0. The number of carbonyl (C=O) groups is 1. The van der Waals surface area contributed by atoms with E-state index in [2.05, 4.69) is 12.2 Å². The molecule has 0 radical (unpaired) electrons. The monoisotopic (exact) mass is 330 g/mol. The molecule has 6 heteroatoms. The number of carbonyl (C=O) groups excluding carboxylic acids is 1. The molecule has 1 saturated heterocycles. The highest BCUT2D eigenvalue weighted by molar-refractivity contribution is 7.90. The van der Waals surface area contributed by atoms with Gasteiger partial charge in [-0.15, -0.1) is 0 Å². The topological polar surface area (TPSA) is 66.5 Å². The van der Waals surface area contributed by atoms with E-state index in [9.17, 15) is 13.2 Å². The van der Waals surface area contributed by atoms with E-state index in [-0.39, 0.29) is 23.7 Å². The maximum Gasteiger partial charge on any atom is 0.223 e. The van der Waals surface area contributed by atoms with E-state index in [4.69, 9.17) is 0 Å². The van der Waals surface area contributed by atoms with Gasteiger partial charge in [0.1, 0.15) is 9.84 Å². The van der Waals surface area contributed by atoms with E-state index in [1.165, 1.54) is 6.26 Å². The van der Waals surface area contributed by atoms with Crippen LogP contribution in [0.25, 0.3) is 0 Å². The van der Waals surface area contributed by atoms with E-state index >= 15 is 0 Å². The van der Waals surface area contributed by atoms with E-state index in [0.717, 1.165) is 38.8 Å². The molecular weight excluding hydrogens is 300 g/mol. The van der Waals surface area contributed by atoms with Crippen LogP contribution in [0.4, 0.5) is 0 Å². The summed E-state index contributed by atoms with van der Waals surface area (Å²) in [4.78, 5) is 14.6. The minimum absolute atomic E-state index is 0.0664. The van der Waals surface area contributed by atoms with Gasteiger partial charge in [0.2, 0.25) is 5.91 Å². The van der Waals surface area contributed by atoms with Gasteiger partial charge >= 0.3 is 0 Å². The van der Waals surface area contributed by atoms with Gasteiger partial charge in [-0.3, -0.25) is 4.79 Å². The number of hydrogen-bond acceptors (Lipinski definition) is 4. The van der Waals surface area contributed by atoms with Crippen molar-refractivity contribution in [1.29, 1.82) is 0 Å². The van der Waals surface area contributed by atoms with Gasteiger partial charge in [-0.2, -0.15) is 0 Å². The molecule has 2 fully saturated rings. The average molecular weight is 330 g/mol. The summed E-state index contributed by atoms with van der Waals surface area (Å²) < 4.78 is 23.1. The number of nitrogens with one attached hydrogen (secondary N) is 1. The highest BCUT2D eigenvalue weighted by Gasteiger charge is 2.37. The predicted octanol–water partition coefficient (Wildman–Crippen LogP) is 1.44. The fourth-order valence-electron chi connectivity index (χ4n) is 3.64. The molecule has 1 heterocycles. The van der Waals surface area contributed by atoms with Crippen molar-refractivity contribution >= 4 is 15.7 Å². The summed E-state index contributed by atoms with van der Waals surface area (Å²) in [7, 11) is -3.06. The fraction of sp³-hybridized carbons (Fsp3) is 0.938. The molecule has 1 saturated carbocycles. The van der Waals surface area contributed by atoms with Crippen molar-refractivity contribution in [3.05, 3.63) is 0 Å². The third-order valence-electron chi connectivity index (χ3n) is 4.93. The molecule has 2 unspecified atom stereocenters. The van der Waals surface area contributed by atoms with Crippen LogP contribution >= 0.6 is 0 Å². The molecule has 2 rings (SSSR count). The van der Waals surface area contributed by atoms with Gasteiger partial charge in [-0.1, -0.05) is 6.92 Å². The summed E-state index contributed by atoms with van der Waals surface area (Å²) in [6, 6.07) is 0.0553. The smallest absolute Gasteiger partial charge is 0.223 e. The third-order valence-corrected chi connectivity index (χ3v) is 6.02. The van der Waals surface area contributed by atoms with Crippen LogP contribution in [0.1, 0.15) is 46.0 Å². The normalized spacial score (nSPS) is 23.0. The van der Waals surface area contributed by atoms with E-state index in [0.29, 0.717) is 18.3 Å². The van der Waals surface area contributed by atoms with Gasteiger partial charge in [-0.05, 0) is 57.5 Å². The highest BCUT2D eigenvalue weighted by atomic mass is 32.2. The fourth-order valence-corrected chi connectivity index (χ4v) is 4.68. The van der Waals surface area contributed by atoms with Crippen molar-refractivity contribution in [3.8, 4) is 0 Å². The number of amides is 1. The van der Waals surface area contributed by atoms with Crippen molar-refractivity contribution in [2.24, 2.45) is 11.8 Å². The molecule has 22 heavy (non-hydrogen) atoms. The van der Waals surface area contributed by atoms with Crippen LogP contribution < -0.4 is 5.32 Å². The third kappa shape index (κ3) is 5.23. The van der Waals surface area contributed by atoms with Crippen molar-refractivity contribution in [2.75, 3.05) is 25.1 Å². The van der Waals surface area contributed by atoms with E-state index < -0.39 is 9.84 Å². The van der Waals surface area contributed by atoms with Gasteiger partial charge in [0.25, 0.3) is 0 Å². The summed E-state index contributed by atoms with van der Waals surface area (Å²) in [5.74, 6) is 1.19. The minimum atomic E-state index is -3.06. The minimum Gasteiger partial charge on any atom is -0.336 e. The van der Waals surface area contributed by atoms with E-state index in [1.54, 1.807) is 0 Å². The Labute approximate surface area is 134 Å². The lowest BCUT2D eigenvalue weighted by Gasteiger charge is -2.33. The molecule has 2 aliphatic rings. The zero-order chi connectivity index (χ0) is 16.3. The predicted molar refractivity (Wildman–Crippen MR) is 88.4 cm³/mol. The Hall–Kier alpha value is -0.620. The molecule has 0 spiro atoms. The number of piperidine rings is 1. The molecular formula is C16H30N2O3S. The molecule has 1 N–H and O–H groups in total. The van der Waals surface area contributed by atoms with Crippen LogP contribution in [-0.4, -0.2) is 56.4 Å². The van der Waals surface area contributed by atoms with Gasteiger partial charge in [0.05, 0.1) is 5.75 Å². The van der Waals surface area contributed by atoms with Gasteiger partial charge < -0.3 is 10.2 Å². The summed E-state index contributed by atoms with van der Waals surface area (Å²) in [5, 5.41) is 3.36. The molecule has 1 aliphatic carbocycles. The first-order valence-electron chi connectivity index (χ1n) is 8.47. The largest absolute Gasteiger partial charge is 0.336 e. The first-order valence-corrected chi connectivity index (χ1v) is 10.5. The molecule has 128 valence electrons. The van der Waals surface area contributed by atoms with Crippen molar-refractivity contribution in [1.82, 2.24) is 10.2 Å². The molecule has 0 aromatic carbocycles. The van der Waals surface area contributed by atoms with Gasteiger partial charge in [-0.25, -0.2) is 8.42 Å². The SMILES string of the molecule is CC(CC(=O)N(C(C)CS(C)(=O)=O)C1CC1)C1CCNCC1. The second-order valence-corrected chi connectivity index (χ2v) is 9.43. The Kier molecular flexibility index (Phi) is 5.88. The summed E-state index contributed by atoms with van der Waals surface area (Å²) in [6.45, 7) is 6.12. The van der Waals surface area contributed by atoms with Crippen LogP contribution in [-0.2, 0) is 14.6 Å². The first kappa shape index (κ1) is 17.7. The Morgan fingerprint density at radius 3 is 2.27 bits per heavy atom. The lowest BCUT2D eigenvalue weighted by atomic mass is 9.84. The second-order valence-electron chi connectivity index (χ2n) is 7.24. The molecule has 5 nitrogen and oxygen atoms in total. The summed E-state index contributed by atoms with van der Waals surface area (Å²) >= 11 is 0. The van der Waals surface area contributed by atoms with Gasteiger partial charge in [0.15, 0.2) is 0 Å². The quantitative estimate of drug-likeness (QED) is 0.767. The van der Waals surface area contributed by atoms with Crippen LogP contribution in [0.3, 0.4) is 0 Å². The maximum atomic E-state index is 12.7. The van der Waals surface area contributed by atoms with Crippen molar-refractivity contribution in [2.45, 2.75) is 58.0 Å².